The number of hydrogen-bond acceptors (Lipinski definition) is 2. The number of aromatic amines is 1. The summed E-state index contributed by atoms with van der Waals surface area (Å²) in [7, 11) is 0. The van der Waals surface area contributed by atoms with Crippen molar-refractivity contribution in [3.05, 3.63) is 30.0 Å². The van der Waals surface area contributed by atoms with Crippen molar-refractivity contribution < 1.29 is 0 Å². The lowest BCUT2D eigenvalue weighted by Gasteiger charge is -2.23. The Hall–Kier alpha value is -1.48. The fourth-order valence-electron chi connectivity index (χ4n) is 2.84. The molecular formula is C15H21N3. The van der Waals surface area contributed by atoms with Crippen LogP contribution in [0.2, 0.25) is 0 Å². The second-order valence-electron chi connectivity index (χ2n) is 5.24. The molecule has 0 atom stereocenters. The summed E-state index contributed by atoms with van der Waals surface area (Å²) in [6.07, 6.45) is 2.57. The third kappa shape index (κ3) is 2.23. The molecule has 3 heteroatoms. The molecule has 0 aliphatic carbocycles. The second kappa shape index (κ2) is 5.02. The van der Waals surface area contributed by atoms with Gasteiger partial charge in [0.2, 0.25) is 0 Å². The molecule has 3 rings (SSSR count). The lowest BCUT2D eigenvalue weighted by molar-refractivity contribution is 0.390. The molecule has 3 N–H and O–H groups in total. The largest absolute Gasteiger partial charge is 0.383 e. The summed E-state index contributed by atoms with van der Waals surface area (Å²) < 4.78 is 0. The number of anilines is 1. The zero-order chi connectivity index (χ0) is 12.4. The average molecular weight is 243 g/mol. The van der Waals surface area contributed by atoms with Crippen molar-refractivity contribution in [3.8, 4) is 0 Å². The van der Waals surface area contributed by atoms with Gasteiger partial charge in [-0.2, -0.15) is 0 Å². The van der Waals surface area contributed by atoms with Crippen LogP contribution in [0, 0.1) is 12.8 Å². The Bertz CT molecular complexity index is 524. The van der Waals surface area contributed by atoms with Gasteiger partial charge in [-0.15, -0.1) is 0 Å². The van der Waals surface area contributed by atoms with E-state index in [0.29, 0.717) is 0 Å². The molecule has 3 nitrogen and oxygen atoms in total. The number of para-hydroxylation sites is 1. The van der Waals surface area contributed by atoms with E-state index >= 15 is 0 Å². The molecule has 1 aliphatic heterocycles. The van der Waals surface area contributed by atoms with E-state index in [1.54, 1.807) is 0 Å². The Balaban J connectivity index is 1.75. The maximum atomic E-state index is 3.65. The monoisotopic (exact) mass is 243 g/mol. The number of benzene rings is 1. The molecule has 1 aromatic carbocycles. The molecule has 1 saturated heterocycles. The summed E-state index contributed by atoms with van der Waals surface area (Å²) in [5.41, 5.74) is 3.75. The molecular weight excluding hydrogens is 222 g/mol. The van der Waals surface area contributed by atoms with E-state index in [1.807, 2.05) is 0 Å². The van der Waals surface area contributed by atoms with Gasteiger partial charge >= 0.3 is 0 Å². The Morgan fingerprint density at radius 1 is 1.22 bits per heavy atom. The highest BCUT2D eigenvalue weighted by molar-refractivity contribution is 5.94. The number of aryl methyl sites for hydroxylation is 1. The van der Waals surface area contributed by atoms with E-state index in [2.05, 4.69) is 46.8 Å². The quantitative estimate of drug-likeness (QED) is 0.775. The van der Waals surface area contributed by atoms with Gasteiger partial charge < -0.3 is 15.6 Å². The topological polar surface area (TPSA) is 39.9 Å². The van der Waals surface area contributed by atoms with Crippen LogP contribution in [0.1, 0.15) is 18.5 Å². The smallest absolute Gasteiger partial charge is 0.0628 e. The summed E-state index contributed by atoms with van der Waals surface area (Å²) in [4.78, 5) is 3.44. The normalized spacial score (nSPS) is 17.2. The number of hydrogen-bond donors (Lipinski definition) is 3. The molecule has 1 aromatic heterocycles. The van der Waals surface area contributed by atoms with Crippen molar-refractivity contribution in [2.45, 2.75) is 19.8 Å². The first kappa shape index (κ1) is 11.6. The van der Waals surface area contributed by atoms with E-state index in [-0.39, 0.29) is 0 Å². The van der Waals surface area contributed by atoms with Crippen LogP contribution in [0.3, 0.4) is 0 Å². The van der Waals surface area contributed by atoms with Crippen LogP contribution in [0.5, 0.6) is 0 Å². The van der Waals surface area contributed by atoms with Crippen LogP contribution in [0.4, 0.5) is 5.69 Å². The van der Waals surface area contributed by atoms with Crippen LogP contribution in [-0.4, -0.2) is 24.6 Å². The number of fused-ring (bicyclic) bond motifs is 1. The van der Waals surface area contributed by atoms with Gasteiger partial charge in [-0.25, -0.2) is 0 Å². The molecule has 0 unspecified atom stereocenters. The van der Waals surface area contributed by atoms with Crippen molar-refractivity contribution >= 4 is 16.6 Å². The molecule has 2 aromatic rings. The van der Waals surface area contributed by atoms with E-state index in [9.17, 15) is 0 Å². The molecule has 96 valence electrons. The average Bonchev–Trinajstić information content (AvgIpc) is 2.73. The van der Waals surface area contributed by atoms with Crippen LogP contribution < -0.4 is 10.6 Å². The highest BCUT2D eigenvalue weighted by Gasteiger charge is 2.14. The van der Waals surface area contributed by atoms with E-state index in [1.165, 1.54) is 48.2 Å². The molecule has 1 fully saturated rings. The second-order valence-corrected chi connectivity index (χ2v) is 5.24. The first-order valence-corrected chi connectivity index (χ1v) is 6.86. The molecule has 0 saturated carbocycles. The minimum absolute atomic E-state index is 0.805. The van der Waals surface area contributed by atoms with Gasteiger partial charge in [0, 0.05) is 23.1 Å². The molecule has 18 heavy (non-hydrogen) atoms. The zero-order valence-electron chi connectivity index (χ0n) is 10.9. The fourth-order valence-corrected chi connectivity index (χ4v) is 2.84. The molecule has 0 spiro atoms. The van der Waals surface area contributed by atoms with E-state index in [0.717, 1.165) is 12.5 Å². The zero-order valence-corrected chi connectivity index (χ0v) is 10.9. The predicted octanol–water partition coefficient (Wildman–Crippen LogP) is 2.89. The summed E-state index contributed by atoms with van der Waals surface area (Å²) >= 11 is 0. The Morgan fingerprint density at radius 3 is 2.83 bits per heavy atom. The van der Waals surface area contributed by atoms with Crippen molar-refractivity contribution in [2.75, 3.05) is 25.0 Å². The van der Waals surface area contributed by atoms with Gasteiger partial charge in [-0.3, -0.25) is 0 Å². The number of nitrogens with one attached hydrogen (secondary N) is 3. The van der Waals surface area contributed by atoms with Gasteiger partial charge in [-0.1, -0.05) is 18.2 Å². The van der Waals surface area contributed by atoms with Crippen molar-refractivity contribution in [2.24, 2.45) is 5.92 Å². The summed E-state index contributed by atoms with van der Waals surface area (Å²) in [5, 5.41) is 8.37. The van der Waals surface area contributed by atoms with Gasteiger partial charge in [-0.05, 0) is 44.8 Å². The number of H-pyrrole nitrogens is 1. The van der Waals surface area contributed by atoms with Crippen molar-refractivity contribution in [3.63, 3.8) is 0 Å². The number of aromatic nitrogens is 1. The maximum absolute atomic E-state index is 3.65. The minimum atomic E-state index is 0.805. The molecule has 0 amide bonds. The van der Waals surface area contributed by atoms with Crippen molar-refractivity contribution in [1.29, 1.82) is 0 Å². The Morgan fingerprint density at radius 2 is 2.00 bits per heavy atom. The summed E-state index contributed by atoms with van der Waals surface area (Å²) in [5.74, 6) is 0.805. The third-order valence-electron chi connectivity index (χ3n) is 3.92. The number of piperidine rings is 1. The third-order valence-corrected chi connectivity index (χ3v) is 3.92. The van der Waals surface area contributed by atoms with Gasteiger partial charge in [0.05, 0.1) is 5.69 Å². The molecule has 0 radical (unpaired) electrons. The predicted molar refractivity (Wildman–Crippen MR) is 77.1 cm³/mol. The van der Waals surface area contributed by atoms with Gasteiger partial charge in [0.1, 0.15) is 0 Å². The first-order chi connectivity index (χ1) is 8.84. The summed E-state index contributed by atoms with van der Waals surface area (Å²) in [6.45, 7) is 5.56. The lowest BCUT2D eigenvalue weighted by Crippen LogP contribution is -2.31. The van der Waals surface area contributed by atoms with E-state index < -0.39 is 0 Å². The standard InChI is InChI=1S/C15H21N3/c1-11-15(13-4-2-3-5-14(13)18-11)17-10-12-6-8-16-9-7-12/h2-5,12,16-18H,6-10H2,1H3. The lowest BCUT2D eigenvalue weighted by atomic mass is 9.98. The highest BCUT2D eigenvalue weighted by Crippen LogP contribution is 2.27. The van der Waals surface area contributed by atoms with E-state index in [4.69, 9.17) is 0 Å². The summed E-state index contributed by atoms with van der Waals surface area (Å²) in [6, 6.07) is 8.50. The van der Waals surface area contributed by atoms with Crippen molar-refractivity contribution in [1.82, 2.24) is 10.3 Å². The number of rotatable bonds is 3. The molecule has 1 aliphatic rings. The van der Waals surface area contributed by atoms with Crippen LogP contribution in [0.25, 0.3) is 10.9 Å². The van der Waals surface area contributed by atoms with Crippen LogP contribution in [-0.2, 0) is 0 Å². The SMILES string of the molecule is Cc1[nH]c2ccccc2c1NCC1CCNCC1. The molecule has 0 bridgehead atoms. The molecule has 2 heterocycles. The van der Waals surface area contributed by atoms with Crippen LogP contribution >= 0.6 is 0 Å². The maximum Gasteiger partial charge on any atom is 0.0628 e. The van der Waals surface area contributed by atoms with Gasteiger partial charge in [0.25, 0.3) is 0 Å². The Kier molecular flexibility index (Phi) is 3.24. The Labute approximate surface area is 108 Å². The fraction of sp³-hybridized carbons (Fsp3) is 0.467. The minimum Gasteiger partial charge on any atom is -0.383 e. The van der Waals surface area contributed by atoms with Gasteiger partial charge in [0.15, 0.2) is 0 Å². The first-order valence-electron chi connectivity index (χ1n) is 6.86. The van der Waals surface area contributed by atoms with Crippen LogP contribution in [0.15, 0.2) is 24.3 Å². The highest BCUT2D eigenvalue weighted by atomic mass is 14.9.